The maximum absolute atomic E-state index is 2.71. The Morgan fingerprint density at radius 1 is 0.844 bits per heavy atom. The monoisotopic (exact) mass is 414 g/mol. The minimum absolute atomic E-state index is 0.0530. The van der Waals surface area contributed by atoms with E-state index in [-0.39, 0.29) is 11.0 Å². The predicted molar refractivity (Wildman–Crippen MR) is 133 cm³/mol. The van der Waals surface area contributed by atoms with Crippen LogP contribution in [-0.4, -0.2) is 0 Å². The van der Waals surface area contributed by atoms with Crippen LogP contribution >= 0.6 is 0 Å². The Labute approximate surface area is 189 Å². The van der Waals surface area contributed by atoms with Crippen LogP contribution in [0.15, 0.2) is 77.9 Å². The van der Waals surface area contributed by atoms with Gasteiger partial charge in [-0.3, -0.25) is 0 Å². The van der Waals surface area contributed by atoms with E-state index in [1.54, 1.807) is 0 Å². The van der Waals surface area contributed by atoms with E-state index in [1.807, 2.05) is 0 Å². The van der Waals surface area contributed by atoms with Crippen molar-refractivity contribution in [1.29, 1.82) is 0 Å². The van der Waals surface area contributed by atoms with Crippen LogP contribution in [0.2, 0.25) is 0 Å². The van der Waals surface area contributed by atoms with Crippen molar-refractivity contribution in [3.05, 3.63) is 100 Å². The standard InChI is InChI=1S/C31H28N/c1-18-14-19(2)17-31(16-18)24-13-12-21-9-7-10-23-27(21)28(24)29-25(30(23,4)5)15-22-20(3)8-6-11-26(22)32(29)31/h6-16H,17H2,1-5H3/q+1. The molecule has 0 bridgehead atoms. The summed E-state index contributed by atoms with van der Waals surface area (Å²) in [6.45, 7) is 11.6. The normalized spacial score (nSPS) is 21.9. The van der Waals surface area contributed by atoms with Gasteiger partial charge in [0.2, 0.25) is 16.7 Å². The molecule has 1 atom stereocenters. The molecule has 1 heteroatoms. The minimum atomic E-state index is -0.169. The first-order valence-electron chi connectivity index (χ1n) is 11.8. The maximum Gasteiger partial charge on any atom is 0.219 e. The van der Waals surface area contributed by atoms with Crippen molar-refractivity contribution in [3.8, 4) is 11.3 Å². The zero-order valence-electron chi connectivity index (χ0n) is 19.5. The minimum Gasteiger partial charge on any atom is -0.177 e. The number of fused-ring (bicyclic) bond motifs is 4. The fourth-order valence-electron chi connectivity index (χ4n) is 7.06. The number of aromatic nitrogens is 1. The molecule has 0 amide bonds. The summed E-state index contributed by atoms with van der Waals surface area (Å²) in [4.78, 5) is 0. The smallest absolute Gasteiger partial charge is 0.177 e. The SMILES string of the molecule is CC1=CC2(CC(C)=C1)c1ccc3cccc4c3c1-c1c(cc3c(C)cccc3[n+]12)C4(C)C. The van der Waals surface area contributed by atoms with E-state index in [2.05, 4.69) is 106 Å². The Morgan fingerprint density at radius 2 is 1.66 bits per heavy atom. The van der Waals surface area contributed by atoms with Gasteiger partial charge in [-0.15, -0.1) is 0 Å². The van der Waals surface area contributed by atoms with Gasteiger partial charge in [-0.25, -0.2) is 0 Å². The number of hydrogen-bond acceptors (Lipinski definition) is 0. The molecule has 3 aromatic carbocycles. The average molecular weight is 415 g/mol. The van der Waals surface area contributed by atoms with E-state index in [0.717, 1.165) is 6.42 Å². The van der Waals surface area contributed by atoms with Crippen LogP contribution < -0.4 is 4.57 Å². The van der Waals surface area contributed by atoms with Crippen molar-refractivity contribution in [1.82, 2.24) is 0 Å². The van der Waals surface area contributed by atoms with Crippen LogP contribution in [0.25, 0.3) is 32.9 Å². The maximum atomic E-state index is 2.71. The Balaban J connectivity index is 1.81. The van der Waals surface area contributed by atoms with E-state index in [1.165, 1.54) is 66.3 Å². The van der Waals surface area contributed by atoms with Gasteiger partial charge < -0.3 is 0 Å². The summed E-state index contributed by atoms with van der Waals surface area (Å²) in [6.07, 6.45) is 5.92. The fourth-order valence-corrected chi connectivity index (χ4v) is 7.06. The average Bonchev–Trinajstić information content (AvgIpc) is 3.01. The Morgan fingerprint density at radius 3 is 2.47 bits per heavy atom. The van der Waals surface area contributed by atoms with E-state index < -0.39 is 0 Å². The first-order chi connectivity index (χ1) is 15.3. The van der Waals surface area contributed by atoms with Crippen molar-refractivity contribution >= 4 is 21.7 Å². The fraction of sp³-hybridized carbons (Fsp3) is 0.258. The lowest BCUT2D eigenvalue weighted by atomic mass is 9.69. The van der Waals surface area contributed by atoms with Crippen LogP contribution in [0.3, 0.4) is 0 Å². The second-order valence-electron chi connectivity index (χ2n) is 10.7. The third-order valence-electron chi connectivity index (χ3n) is 8.29. The molecular formula is C31H28N+. The van der Waals surface area contributed by atoms with E-state index in [0.29, 0.717) is 0 Å². The Hall–Kier alpha value is -3.19. The van der Waals surface area contributed by atoms with Gasteiger partial charge in [0.1, 0.15) is 0 Å². The number of allylic oxidation sites excluding steroid dienone is 4. The third kappa shape index (κ3) is 1.95. The summed E-state index contributed by atoms with van der Waals surface area (Å²) in [6, 6.07) is 21.0. The molecule has 2 heterocycles. The summed E-state index contributed by atoms with van der Waals surface area (Å²) < 4.78 is 2.71. The van der Waals surface area contributed by atoms with Gasteiger partial charge in [0.05, 0.1) is 5.56 Å². The summed E-state index contributed by atoms with van der Waals surface area (Å²) >= 11 is 0. The van der Waals surface area contributed by atoms with Crippen molar-refractivity contribution in [3.63, 3.8) is 0 Å². The molecule has 4 aromatic rings. The molecule has 7 rings (SSSR count). The van der Waals surface area contributed by atoms with Gasteiger partial charge in [0.15, 0.2) is 0 Å². The summed E-state index contributed by atoms with van der Waals surface area (Å²) in [5.74, 6) is 0. The van der Waals surface area contributed by atoms with Crippen molar-refractivity contribution < 1.29 is 4.57 Å². The summed E-state index contributed by atoms with van der Waals surface area (Å²) in [5, 5.41) is 4.19. The molecule has 0 saturated heterocycles. The first kappa shape index (κ1) is 18.4. The molecule has 0 fully saturated rings. The predicted octanol–water partition coefficient (Wildman–Crippen LogP) is 7.25. The highest BCUT2D eigenvalue weighted by Crippen LogP contribution is 2.56. The Kier molecular flexibility index (Phi) is 3.21. The van der Waals surface area contributed by atoms with Gasteiger partial charge in [-0.05, 0) is 55.0 Å². The van der Waals surface area contributed by atoms with E-state index in [4.69, 9.17) is 0 Å². The topological polar surface area (TPSA) is 3.88 Å². The molecule has 1 aromatic heterocycles. The number of aryl methyl sites for hydroxylation is 1. The van der Waals surface area contributed by atoms with Gasteiger partial charge >= 0.3 is 0 Å². The number of pyridine rings is 1. The number of rotatable bonds is 0. The molecular weight excluding hydrogens is 386 g/mol. The zero-order valence-corrected chi connectivity index (χ0v) is 19.5. The Bertz CT molecular complexity index is 1590. The van der Waals surface area contributed by atoms with Gasteiger partial charge in [0.25, 0.3) is 0 Å². The lowest BCUT2D eigenvalue weighted by molar-refractivity contribution is -0.703. The molecule has 1 unspecified atom stereocenters. The molecule has 1 spiro atoms. The molecule has 32 heavy (non-hydrogen) atoms. The highest BCUT2D eigenvalue weighted by molar-refractivity contribution is 6.05. The largest absolute Gasteiger partial charge is 0.219 e. The van der Waals surface area contributed by atoms with Gasteiger partial charge in [-0.1, -0.05) is 68.0 Å². The lowest BCUT2D eigenvalue weighted by Crippen LogP contribution is -2.55. The highest BCUT2D eigenvalue weighted by atomic mass is 15.1. The van der Waals surface area contributed by atoms with Crippen LogP contribution in [0.1, 0.15) is 56.4 Å². The molecule has 1 aliphatic heterocycles. The van der Waals surface area contributed by atoms with Crippen LogP contribution in [-0.2, 0) is 11.0 Å². The molecule has 0 N–H and O–H groups in total. The van der Waals surface area contributed by atoms with E-state index in [9.17, 15) is 0 Å². The van der Waals surface area contributed by atoms with Crippen molar-refractivity contribution in [2.24, 2.45) is 0 Å². The lowest BCUT2D eigenvalue weighted by Gasteiger charge is -2.32. The zero-order chi connectivity index (χ0) is 22.0. The quantitative estimate of drug-likeness (QED) is 0.267. The van der Waals surface area contributed by atoms with Crippen LogP contribution in [0, 0.1) is 6.92 Å². The number of nitrogens with zero attached hydrogens (tertiary/aromatic N) is 1. The number of benzene rings is 3. The van der Waals surface area contributed by atoms with Gasteiger partial charge in [-0.2, -0.15) is 4.57 Å². The molecule has 0 saturated carbocycles. The van der Waals surface area contributed by atoms with Gasteiger partial charge in [0, 0.05) is 39.8 Å². The van der Waals surface area contributed by atoms with Crippen LogP contribution in [0.5, 0.6) is 0 Å². The summed E-state index contributed by atoms with van der Waals surface area (Å²) in [5.41, 5.74) is 12.6. The van der Waals surface area contributed by atoms with Crippen molar-refractivity contribution in [2.45, 2.75) is 52.0 Å². The second-order valence-corrected chi connectivity index (χ2v) is 10.7. The van der Waals surface area contributed by atoms with Crippen LogP contribution in [0.4, 0.5) is 0 Å². The summed E-state index contributed by atoms with van der Waals surface area (Å²) in [7, 11) is 0. The molecule has 156 valence electrons. The molecule has 3 aliphatic rings. The number of hydrogen-bond donors (Lipinski definition) is 0. The first-order valence-corrected chi connectivity index (χ1v) is 11.8. The molecule has 0 radical (unpaired) electrons. The third-order valence-corrected chi connectivity index (χ3v) is 8.29. The van der Waals surface area contributed by atoms with E-state index >= 15 is 0 Å². The van der Waals surface area contributed by atoms with Crippen molar-refractivity contribution in [2.75, 3.05) is 0 Å². The molecule has 1 nitrogen and oxygen atoms in total. The molecule has 2 aliphatic carbocycles. The second kappa shape index (κ2) is 5.59. The highest BCUT2D eigenvalue weighted by Gasteiger charge is 2.56.